The van der Waals surface area contributed by atoms with Crippen LogP contribution in [0.5, 0.6) is 0 Å². The Bertz CT molecular complexity index is 486. The molecule has 2 fully saturated rings. The SMILES string of the molecule is CN(C)CCn1ncc(Br)c1C1(O)CCN(C2CC2)C1. The number of rotatable bonds is 5. The average Bonchev–Trinajstić information content (AvgIpc) is 3.06. The first-order valence-electron chi connectivity index (χ1n) is 7.32. The van der Waals surface area contributed by atoms with E-state index in [1.807, 2.05) is 10.9 Å². The van der Waals surface area contributed by atoms with Crippen LogP contribution >= 0.6 is 15.9 Å². The second-order valence-corrected chi connectivity index (χ2v) is 7.21. The first-order chi connectivity index (χ1) is 9.49. The molecule has 0 aromatic carbocycles. The lowest BCUT2D eigenvalue weighted by Crippen LogP contribution is -2.35. The van der Waals surface area contributed by atoms with E-state index in [0.29, 0.717) is 6.04 Å². The third-order valence-electron chi connectivity index (χ3n) is 4.34. The lowest BCUT2D eigenvalue weighted by Gasteiger charge is -2.25. The van der Waals surface area contributed by atoms with Crippen LogP contribution in [0.25, 0.3) is 0 Å². The van der Waals surface area contributed by atoms with Crippen molar-refractivity contribution < 1.29 is 5.11 Å². The zero-order valence-corrected chi connectivity index (χ0v) is 13.8. The Hall–Kier alpha value is -0.430. The van der Waals surface area contributed by atoms with Gasteiger partial charge in [0, 0.05) is 25.7 Å². The second-order valence-electron chi connectivity index (χ2n) is 6.35. The number of hydrogen-bond donors (Lipinski definition) is 1. The van der Waals surface area contributed by atoms with E-state index >= 15 is 0 Å². The number of β-amino-alcohol motifs (C(OH)–C–C–N with tert-alkyl or cyclic N) is 1. The average molecular weight is 343 g/mol. The van der Waals surface area contributed by atoms with Crippen LogP contribution in [0.4, 0.5) is 0 Å². The molecule has 1 saturated carbocycles. The van der Waals surface area contributed by atoms with Gasteiger partial charge in [0.2, 0.25) is 0 Å². The highest BCUT2D eigenvalue weighted by Gasteiger charge is 2.45. The standard InChI is InChI=1S/C14H23BrN4O/c1-17(2)7-8-19-13(12(15)9-16-19)14(20)5-6-18(10-14)11-3-4-11/h9,11,20H,3-8,10H2,1-2H3. The van der Waals surface area contributed by atoms with Gasteiger partial charge in [-0.15, -0.1) is 0 Å². The number of likely N-dealkylation sites (N-methyl/N-ethyl adjacent to an activating group) is 1. The largest absolute Gasteiger partial charge is 0.382 e. The van der Waals surface area contributed by atoms with Gasteiger partial charge in [-0.3, -0.25) is 9.58 Å². The third kappa shape index (κ3) is 2.79. The van der Waals surface area contributed by atoms with Gasteiger partial charge in [0.15, 0.2) is 0 Å². The molecule has 1 aromatic rings. The first-order valence-corrected chi connectivity index (χ1v) is 8.12. The summed E-state index contributed by atoms with van der Waals surface area (Å²) in [7, 11) is 4.11. The van der Waals surface area contributed by atoms with Gasteiger partial charge in [-0.05, 0) is 49.3 Å². The molecule has 112 valence electrons. The maximum absolute atomic E-state index is 11.1. The maximum Gasteiger partial charge on any atom is 0.121 e. The monoisotopic (exact) mass is 342 g/mol. The lowest BCUT2D eigenvalue weighted by molar-refractivity contribution is 0.0349. The summed E-state index contributed by atoms with van der Waals surface area (Å²) in [4.78, 5) is 4.56. The molecule has 1 aromatic heterocycles. The fourth-order valence-electron chi connectivity index (χ4n) is 3.06. The van der Waals surface area contributed by atoms with Crippen molar-refractivity contribution in [2.24, 2.45) is 0 Å². The van der Waals surface area contributed by atoms with Crippen LogP contribution in [0.2, 0.25) is 0 Å². The van der Waals surface area contributed by atoms with E-state index in [9.17, 15) is 5.11 Å². The van der Waals surface area contributed by atoms with Gasteiger partial charge < -0.3 is 10.0 Å². The van der Waals surface area contributed by atoms with Crippen molar-refractivity contribution in [3.63, 3.8) is 0 Å². The van der Waals surface area contributed by atoms with Crippen molar-refractivity contribution in [2.75, 3.05) is 33.7 Å². The lowest BCUT2D eigenvalue weighted by atomic mass is 9.99. The van der Waals surface area contributed by atoms with Crippen molar-refractivity contribution in [2.45, 2.75) is 37.5 Å². The maximum atomic E-state index is 11.1. The minimum absolute atomic E-state index is 0.709. The molecule has 2 aliphatic rings. The van der Waals surface area contributed by atoms with Crippen LogP contribution in [0.3, 0.4) is 0 Å². The van der Waals surface area contributed by atoms with Gasteiger partial charge in [-0.25, -0.2) is 0 Å². The fraction of sp³-hybridized carbons (Fsp3) is 0.786. The van der Waals surface area contributed by atoms with Gasteiger partial charge >= 0.3 is 0 Å². The molecule has 1 atom stereocenters. The highest BCUT2D eigenvalue weighted by Crippen LogP contribution is 2.40. The zero-order valence-electron chi connectivity index (χ0n) is 12.2. The number of hydrogen-bond acceptors (Lipinski definition) is 4. The number of aromatic nitrogens is 2. The van der Waals surface area contributed by atoms with Crippen LogP contribution in [0, 0.1) is 0 Å². The van der Waals surface area contributed by atoms with E-state index in [1.54, 1.807) is 0 Å². The summed E-state index contributed by atoms with van der Waals surface area (Å²) in [6.07, 6.45) is 5.19. The van der Waals surface area contributed by atoms with E-state index in [0.717, 1.165) is 42.8 Å². The van der Waals surface area contributed by atoms with Crippen LogP contribution < -0.4 is 0 Å². The summed E-state index contributed by atoms with van der Waals surface area (Å²) in [5, 5.41) is 15.5. The highest BCUT2D eigenvalue weighted by molar-refractivity contribution is 9.10. The Labute approximate surface area is 128 Å². The summed E-state index contributed by atoms with van der Waals surface area (Å²) in [6.45, 7) is 3.46. The minimum Gasteiger partial charge on any atom is -0.382 e. The van der Waals surface area contributed by atoms with Crippen LogP contribution in [0.1, 0.15) is 25.0 Å². The van der Waals surface area contributed by atoms with Gasteiger partial charge in [0.1, 0.15) is 5.60 Å². The Balaban J connectivity index is 1.79. The summed E-state index contributed by atoms with van der Waals surface area (Å²) in [6, 6.07) is 0.709. The van der Waals surface area contributed by atoms with Crippen LogP contribution in [0.15, 0.2) is 10.7 Å². The fourth-order valence-corrected chi connectivity index (χ4v) is 3.72. The van der Waals surface area contributed by atoms with Gasteiger partial charge in [-0.1, -0.05) is 0 Å². The summed E-state index contributed by atoms with van der Waals surface area (Å²) >= 11 is 3.57. The molecule has 5 nitrogen and oxygen atoms in total. The molecule has 1 N–H and O–H groups in total. The second kappa shape index (κ2) is 5.40. The highest BCUT2D eigenvalue weighted by atomic mass is 79.9. The molecule has 1 aliphatic heterocycles. The molecule has 0 bridgehead atoms. The first kappa shape index (κ1) is 14.5. The van der Waals surface area contributed by atoms with Gasteiger partial charge in [0.05, 0.1) is 22.9 Å². The minimum atomic E-state index is -0.760. The number of nitrogens with zero attached hydrogens (tertiary/aromatic N) is 4. The molecule has 20 heavy (non-hydrogen) atoms. The molecule has 1 unspecified atom stereocenters. The smallest absolute Gasteiger partial charge is 0.121 e. The predicted molar refractivity (Wildman–Crippen MR) is 81.6 cm³/mol. The predicted octanol–water partition coefficient (Wildman–Crippen LogP) is 1.26. The molecular weight excluding hydrogens is 320 g/mol. The van der Waals surface area contributed by atoms with Gasteiger partial charge in [0.25, 0.3) is 0 Å². The quantitative estimate of drug-likeness (QED) is 0.874. The van der Waals surface area contributed by atoms with Crippen molar-refractivity contribution >= 4 is 15.9 Å². The van der Waals surface area contributed by atoms with Crippen molar-refractivity contribution in [3.8, 4) is 0 Å². The van der Waals surface area contributed by atoms with E-state index in [2.05, 4.69) is 44.9 Å². The number of halogens is 1. The molecule has 6 heteroatoms. The van der Waals surface area contributed by atoms with Crippen LogP contribution in [-0.2, 0) is 12.1 Å². The molecule has 1 saturated heterocycles. The zero-order chi connectivity index (χ0) is 14.3. The Morgan fingerprint density at radius 3 is 2.90 bits per heavy atom. The molecular formula is C14H23BrN4O. The summed E-state index contributed by atoms with van der Waals surface area (Å²) in [5.41, 5.74) is 0.187. The van der Waals surface area contributed by atoms with E-state index in [4.69, 9.17) is 0 Å². The van der Waals surface area contributed by atoms with Crippen molar-refractivity contribution in [1.82, 2.24) is 19.6 Å². The topological polar surface area (TPSA) is 44.5 Å². The Kier molecular flexibility index (Phi) is 3.92. The van der Waals surface area contributed by atoms with Crippen LogP contribution in [-0.4, -0.2) is 64.5 Å². The molecule has 0 spiro atoms. The summed E-state index contributed by atoms with van der Waals surface area (Å²) < 4.78 is 2.89. The molecule has 1 aliphatic carbocycles. The third-order valence-corrected chi connectivity index (χ3v) is 4.92. The number of likely N-dealkylation sites (tertiary alicyclic amines) is 1. The van der Waals surface area contributed by atoms with E-state index in [-0.39, 0.29) is 0 Å². The van der Waals surface area contributed by atoms with E-state index < -0.39 is 5.60 Å². The summed E-state index contributed by atoms with van der Waals surface area (Å²) in [5.74, 6) is 0. The molecule has 0 radical (unpaired) electrons. The molecule has 3 rings (SSSR count). The van der Waals surface area contributed by atoms with E-state index in [1.165, 1.54) is 12.8 Å². The molecule has 0 amide bonds. The van der Waals surface area contributed by atoms with Crippen molar-refractivity contribution in [1.29, 1.82) is 0 Å². The van der Waals surface area contributed by atoms with Crippen molar-refractivity contribution in [3.05, 3.63) is 16.4 Å². The number of aliphatic hydroxyl groups is 1. The normalized spacial score (nSPS) is 27.6. The van der Waals surface area contributed by atoms with Gasteiger partial charge in [-0.2, -0.15) is 5.10 Å². The Morgan fingerprint density at radius 2 is 2.25 bits per heavy atom. The Morgan fingerprint density at radius 1 is 1.50 bits per heavy atom. The molecule has 2 heterocycles.